The SMILES string of the molecule is CCOc1cc(C=NNC(=O)c2nnn(-c3nonc3N)c2CN2CCc3ccccc32)cc(Br)c1OCc1ccc(F)cc1. The molecule has 0 atom stereocenters. The van der Waals surface area contributed by atoms with Gasteiger partial charge in [0.25, 0.3) is 5.91 Å². The molecule has 3 heterocycles. The van der Waals surface area contributed by atoms with Crippen molar-refractivity contribution in [2.24, 2.45) is 5.10 Å². The molecule has 1 aliphatic rings. The molecule has 6 rings (SSSR count). The van der Waals surface area contributed by atoms with Crippen molar-refractivity contribution in [3.63, 3.8) is 0 Å². The number of amides is 1. The number of benzene rings is 3. The number of fused-ring (bicyclic) bond motifs is 1. The van der Waals surface area contributed by atoms with Crippen LogP contribution in [0.25, 0.3) is 5.82 Å². The van der Waals surface area contributed by atoms with Crippen LogP contribution >= 0.6 is 15.9 Å². The molecule has 230 valence electrons. The van der Waals surface area contributed by atoms with Gasteiger partial charge in [0.05, 0.1) is 29.5 Å². The van der Waals surface area contributed by atoms with Gasteiger partial charge in [0, 0.05) is 12.2 Å². The summed E-state index contributed by atoms with van der Waals surface area (Å²) >= 11 is 3.53. The number of nitrogens with two attached hydrogens (primary N) is 1. The van der Waals surface area contributed by atoms with E-state index in [4.69, 9.17) is 19.8 Å². The monoisotopic (exact) mass is 675 g/mol. The Bertz CT molecular complexity index is 1860. The van der Waals surface area contributed by atoms with Gasteiger partial charge < -0.3 is 20.1 Å². The predicted octanol–water partition coefficient (Wildman–Crippen LogP) is 4.44. The zero-order chi connectivity index (χ0) is 31.3. The highest BCUT2D eigenvalue weighted by molar-refractivity contribution is 9.10. The fraction of sp³-hybridized carbons (Fsp3) is 0.200. The molecule has 1 aliphatic heterocycles. The van der Waals surface area contributed by atoms with Crippen LogP contribution in [0.5, 0.6) is 11.5 Å². The number of anilines is 2. The number of nitrogens with zero attached hydrogens (tertiary/aromatic N) is 7. The zero-order valence-electron chi connectivity index (χ0n) is 24.0. The summed E-state index contributed by atoms with van der Waals surface area (Å²) in [5, 5.41) is 19.9. The minimum absolute atomic E-state index is 0.00808. The first-order valence-electron chi connectivity index (χ1n) is 13.9. The predicted molar refractivity (Wildman–Crippen MR) is 166 cm³/mol. The molecule has 0 fully saturated rings. The van der Waals surface area contributed by atoms with Gasteiger partial charge in [0.1, 0.15) is 12.4 Å². The molecular weight excluding hydrogens is 649 g/mol. The van der Waals surface area contributed by atoms with Crippen LogP contribution in [-0.4, -0.2) is 50.6 Å². The maximum Gasteiger partial charge on any atom is 0.293 e. The molecule has 0 saturated heterocycles. The minimum Gasteiger partial charge on any atom is -0.490 e. The Balaban J connectivity index is 1.21. The van der Waals surface area contributed by atoms with Gasteiger partial charge in [-0.1, -0.05) is 35.5 Å². The number of ether oxygens (including phenoxy) is 2. The Morgan fingerprint density at radius 1 is 1.18 bits per heavy atom. The second-order valence-electron chi connectivity index (χ2n) is 9.95. The molecule has 1 amide bonds. The number of para-hydroxylation sites is 1. The zero-order valence-corrected chi connectivity index (χ0v) is 25.6. The second kappa shape index (κ2) is 13.1. The number of carbonyl (C=O) groups excluding carboxylic acids is 1. The highest BCUT2D eigenvalue weighted by atomic mass is 79.9. The van der Waals surface area contributed by atoms with Gasteiger partial charge >= 0.3 is 0 Å². The van der Waals surface area contributed by atoms with Crippen molar-refractivity contribution in [3.8, 4) is 17.3 Å². The number of halogens is 2. The fourth-order valence-electron chi connectivity index (χ4n) is 4.90. The molecule has 45 heavy (non-hydrogen) atoms. The molecular formula is C30H27BrFN9O4. The van der Waals surface area contributed by atoms with Crippen LogP contribution in [-0.2, 0) is 19.6 Å². The van der Waals surface area contributed by atoms with E-state index in [0.717, 1.165) is 24.2 Å². The van der Waals surface area contributed by atoms with E-state index >= 15 is 0 Å². The summed E-state index contributed by atoms with van der Waals surface area (Å²) in [6.45, 7) is 3.50. The molecule has 0 aliphatic carbocycles. The summed E-state index contributed by atoms with van der Waals surface area (Å²) < 4.78 is 31.8. The first kappa shape index (κ1) is 29.7. The van der Waals surface area contributed by atoms with Crippen molar-refractivity contribution in [2.45, 2.75) is 26.5 Å². The molecule has 3 aromatic carbocycles. The Labute approximate surface area is 264 Å². The van der Waals surface area contributed by atoms with E-state index in [1.165, 1.54) is 28.6 Å². The van der Waals surface area contributed by atoms with Crippen LogP contribution in [0.1, 0.15) is 39.8 Å². The maximum absolute atomic E-state index is 13.3. The third kappa shape index (κ3) is 6.47. The van der Waals surface area contributed by atoms with Gasteiger partial charge in [0.2, 0.25) is 11.6 Å². The van der Waals surface area contributed by atoms with Gasteiger partial charge in [-0.05, 0) is 86.6 Å². The summed E-state index contributed by atoms with van der Waals surface area (Å²) in [5.74, 6) is 0.181. The molecule has 13 nitrogen and oxygen atoms in total. The van der Waals surface area contributed by atoms with E-state index < -0.39 is 5.91 Å². The van der Waals surface area contributed by atoms with E-state index in [0.29, 0.717) is 40.4 Å². The Kier molecular flexibility index (Phi) is 8.68. The summed E-state index contributed by atoms with van der Waals surface area (Å²) in [6, 6.07) is 17.6. The van der Waals surface area contributed by atoms with Crippen molar-refractivity contribution >= 4 is 39.6 Å². The molecule has 0 saturated carbocycles. The van der Waals surface area contributed by atoms with Crippen LogP contribution in [0.4, 0.5) is 15.9 Å². The fourth-order valence-corrected chi connectivity index (χ4v) is 5.47. The number of nitrogens with one attached hydrogen (secondary N) is 1. The lowest BCUT2D eigenvalue weighted by molar-refractivity contribution is 0.0949. The number of aromatic nitrogens is 5. The average molecular weight is 677 g/mol. The Morgan fingerprint density at radius 2 is 2.00 bits per heavy atom. The maximum atomic E-state index is 13.3. The first-order chi connectivity index (χ1) is 21.9. The third-order valence-electron chi connectivity index (χ3n) is 7.01. The lowest BCUT2D eigenvalue weighted by Crippen LogP contribution is -2.26. The van der Waals surface area contributed by atoms with E-state index in [9.17, 15) is 9.18 Å². The molecule has 0 unspecified atom stereocenters. The molecule has 2 aromatic heterocycles. The molecule has 15 heteroatoms. The van der Waals surface area contributed by atoms with Crippen LogP contribution in [0.2, 0.25) is 0 Å². The lowest BCUT2D eigenvalue weighted by atomic mass is 10.2. The van der Waals surface area contributed by atoms with Crippen molar-refractivity contribution < 1.29 is 23.3 Å². The second-order valence-corrected chi connectivity index (χ2v) is 10.8. The van der Waals surface area contributed by atoms with Crippen LogP contribution in [0.15, 0.2) is 74.9 Å². The van der Waals surface area contributed by atoms with Gasteiger partial charge in [-0.3, -0.25) is 4.79 Å². The first-order valence-corrected chi connectivity index (χ1v) is 14.7. The van der Waals surface area contributed by atoms with Crippen molar-refractivity contribution in [1.82, 2.24) is 30.7 Å². The number of carbonyl (C=O) groups is 1. The molecule has 0 bridgehead atoms. The molecule has 3 N–H and O–H groups in total. The number of hydrazone groups is 1. The van der Waals surface area contributed by atoms with E-state index in [-0.39, 0.29) is 29.8 Å². The smallest absolute Gasteiger partial charge is 0.293 e. The largest absolute Gasteiger partial charge is 0.490 e. The quantitative estimate of drug-likeness (QED) is 0.151. The topological polar surface area (TPSA) is 159 Å². The van der Waals surface area contributed by atoms with E-state index in [1.807, 2.05) is 25.1 Å². The van der Waals surface area contributed by atoms with Gasteiger partial charge in [-0.15, -0.1) is 5.10 Å². The number of hydrogen-bond donors (Lipinski definition) is 2. The number of nitrogen functional groups attached to an aromatic ring is 1. The molecule has 0 radical (unpaired) electrons. The van der Waals surface area contributed by atoms with Crippen LogP contribution < -0.4 is 25.5 Å². The summed E-state index contributed by atoms with van der Waals surface area (Å²) in [5.41, 5.74) is 12.6. The molecule has 0 spiro atoms. The normalized spacial score (nSPS) is 12.5. The third-order valence-corrected chi connectivity index (χ3v) is 7.60. The van der Waals surface area contributed by atoms with Crippen LogP contribution in [0.3, 0.4) is 0 Å². The highest BCUT2D eigenvalue weighted by Crippen LogP contribution is 2.37. The standard InChI is InChI=1S/C30H27BrFN9O4/c1-2-43-25-14-19(13-22(31)27(25)44-17-18-7-9-21(32)10-8-18)15-34-36-30(42)26-24(41(39-35-26)29-28(33)37-45-38-29)16-40-12-11-20-5-3-4-6-23(20)40/h3-10,13-15H,2,11-12,16-17H2,1H3,(H2,33,37)(H,36,42). The highest BCUT2D eigenvalue weighted by Gasteiger charge is 2.28. The van der Waals surface area contributed by atoms with E-state index in [2.05, 4.69) is 58.0 Å². The average Bonchev–Trinajstić information content (AvgIpc) is 3.76. The minimum atomic E-state index is -0.585. The summed E-state index contributed by atoms with van der Waals surface area (Å²) in [6.07, 6.45) is 2.34. The van der Waals surface area contributed by atoms with Gasteiger partial charge in [0.15, 0.2) is 17.2 Å². The van der Waals surface area contributed by atoms with Crippen molar-refractivity contribution in [3.05, 3.63) is 99.0 Å². The van der Waals surface area contributed by atoms with Crippen molar-refractivity contribution in [1.29, 1.82) is 0 Å². The Hall–Kier alpha value is -5.31. The summed E-state index contributed by atoms with van der Waals surface area (Å²) in [7, 11) is 0. The molecule has 5 aromatic rings. The van der Waals surface area contributed by atoms with Gasteiger partial charge in [-0.2, -0.15) is 9.78 Å². The van der Waals surface area contributed by atoms with Crippen LogP contribution in [0, 0.1) is 5.82 Å². The number of rotatable bonds is 11. The van der Waals surface area contributed by atoms with E-state index in [1.54, 1.807) is 24.3 Å². The lowest BCUT2D eigenvalue weighted by Gasteiger charge is -2.19. The summed E-state index contributed by atoms with van der Waals surface area (Å²) in [4.78, 5) is 15.5. The van der Waals surface area contributed by atoms with Crippen molar-refractivity contribution in [2.75, 3.05) is 23.8 Å². The number of hydrogen-bond acceptors (Lipinski definition) is 11. The van der Waals surface area contributed by atoms with Gasteiger partial charge in [-0.25, -0.2) is 14.4 Å². The Morgan fingerprint density at radius 3 is 2.78 bits per heavy atom.